The lowest BCUT2D eigenvalue weighted by Gasteiger charge is -2.12. The van der Waals surface area contributed by atoms with Crippen molar-refractivity contribution in [1.82, 2.24) is 19.7 Å². The highest BCUT2D eigenvalue weighted by atomic mass is 35.5. The Morgan fingerprint density at radius 3 is 2.71 bits per heavy atom. The third kappa shape index (κ3) is 5.15. The number of carbonyl (C=O) groups is 1. The third-order valence-corrected chi connectivity index (χ3v) is 5.95. The molecule has 1 atom stereocenters. The fourth-order valence-electron chi connectivity index (χ4n) is 3.43. The summed E-state index contributed by atoms with van der Waals surface area (Å²) in [5.74, 6) is -3.35. The summed E-state index contributed by atoms with van der Waals surface area (Å²) < 4.78 is 50.7. The Morgan fingerprint density at radius 2 is 1.97 bits per heavy atom. The van der Waals surface area contributed by atoms with E-state index in [1.807, 2.05) is 6.07 Å². The highest BCUT2D eigenvalue weighted by molar-refractivity contribution is 7.77. The summed E-state index contributed by atoms with van der Waals surface area (Å²) in [6.07, 6.45) is 5.31. The standard InChI is InChI=1S/C23H17ClF2N4O3S/c24-21-13(3-2-8-29-34(32)33)9-16(25)22(26)20(21)23(31)14-5-6-17-18(10-14)30-19(12-28-17)15-4-1-7-27-11-15/h1,4-7,9-12,29H,2-3,8H2,(H,32,33). The molecule has 2 aromatic carbocycles. The van der Waals surface area contributed by atoms with Crippen LogP contribution in [0.4, 0.5) is 8.78 Å². The molecule has 2 N–H and O–H groups in total. The van der Waals surface area contributed by atoms with Crippen molar-refractivity contribution in [2.24, 2.45) is 0 Å². The van der Waals surface area contributed by atoms with Gasteiger partial charge in [0.15, 0.2) is 17.4 Å². The van der Waals surface area contributed by atoms with Crippen LogP contribution in [0.3, 0.4) is 0 Å². The van der Waals surface area contributed by atoms with Gasteiger partial charge >= 0.3 is 0 Å². The number of nitrogens with one attached hydrogen (secondary N) is 1. The maximum atomic E-state index is 14.7. The molecule has 0 spiro atoms. The number of hydrogen-bond donors (Lipinski definition) is 2. The van der Waals surface area contributed by atoms with Crippen LogP contribution in [0.25, 0.3) is 22.3 Å². The lowest BCUT2D eigenvalue weighted by atomic mass is 9.98. The van der Waals surface area contributed by atoms with Gasteiger partial charge in [-0.15, -0.1) is 0 Å². The van der Waals surface area contributed by atoms with E-state index in [1.54, 1.807) is 30.7 Å². The SMILES string of the molecule is O=C(c1ccc2ncc(-c3cccnc3)nc2c1)c1c(F)c(F)cc(CCCNS(=O)O)c1Cl. The second-order valence-electron chi connectivity index (χ2n) is 7.30. The zero-order valence-corrected chi connectivity index (χ0v) is 19.0. The van der Waals surface area contributed by atoms with Crippen molar-refractivity contribution in [2.45, 2.75) is 12.8 Å². The van der Waals surface area contributed by atoms with E-state index in [0.29, 0.717) is 23.1 Å². The maximum Gasteiger partial charge on any atom is 0.231 e. The molecule has 0 aliphatic rings. The van der Waals surface area contributed by atoms with E-state index in [0.717, 1.165) is 11.6 Å². The number of aromatic nitrogens is 3. The van der Waals surface area contributed by atoms with Crippen molar-refractivity contribution in [2.75, 3.05) is 6.54 Å². The average molecular weight is 503 g/mol. The molecule has 0 saturated heterocycles. The van der Waals surface area contributed by atoms with Crippen LogP contribution in [0, 0.1) is 11.6 Å². The quantitative estimate of drug-likeness (QED) is 0.159. The fourth-order valence-corrected chi connectivity index (χ4v) is 4.06. The minimum atomic E-state index is -2.18. The van der Waals surface area contributed by atoms with E-state index in [4.69, 9.17) is 16.2 Å². The normalized spacial score (nSPS) is 12.1. The van der Waals surface area contributed by atoms with Gasteiger partial charge in [0.25, 0.3) is 0 Å². The number of fused-ring (bicyclic) bond motifs is 1. The minimum Gasteiger partial charge on any atom is -0.294 e. The van der Waals surface area contributed by atoms with Gasteiger partial charge in [-0.1, -0.05) is 11.6 Å². The molecule has 11 heteroatoms. The molecular formula is C23H17ClF2N4O3S. The number of rotatable bonds is 8. The molecule has 7 nitrogen and oxygen atoms in total. The van der Waals surface area contributed by atoms with Crippen LogP contribution in [0.5, 0.6) is 0 Å². The van der Waals surface area contributed by atoms with Crippen molar-refractivity contribution < 1.29 is 22.3 Å². The van der Waals surface area contributed by atoms with E-state index >= 15 is 0 Å². The molecule has 2 aromatic heterocycles. The number of carbonyl (C=O) groups excluding carboxylic acids is 1. The molecule has 174 valence electrons. The Balaban J connectivity index is 1.68. The third-order valence-electron chi connectivity index (χ3n) is 5.07. The maximum absolute atomic E-state index is 14.7. The number of pyridine rings is 1. The van der Waals surface area contributed by atoms with Crippen molar-refractivity contribution in [3.63, 3.8) is 0 Å². The lowest BCUT2D eigenvalue weighted by Crippen LogP contribution is -2.18. The van der Waals surface area contributed by atoms with Crippen molar-refractivity contribution >= 4 is 39.7 Å². The molecule has 34 heavy (non-hydrogen) atoms. The summed E-state index contributed by atoms with van der Waals surface area (Å²) in [7, 11) is 0. The Hall–Kier alpha value is -3.18. The molecule has 4 rings (SSSR count). The number of benzene rings is 2. The van der Waals surface area contributed by atoms with Gasteiger partial charge in [-0.2, -0.15) is 0 Å². The number of ketones is 1. The number of halogens is 3. The largest absolute Gasteiger partial charge is 0.294 e. The van der Waals surface area contributed by atoms with Crippen LogP contribution in [0.2, 0.25) is 5.02 Å². The monoisotopic (exact) mass is 502 g/mol. The number of hydrogen-bond acceptors (Lipinski definition) is 5. The number of nitrogens with zero attached hydrogens (tertiary/aromatic N) is 3. The Labute approximate surface area is 200 Å². The van der Waals surface area contributed by atoms with Crippen LogP contribution < -0.4 is 4.72 Å². The molecule has 0 radical (unpaired) electrons. The minimum absolute atomic E-state index is 0.0693. The predicted molar refractivity (Wildman–Crippen MR) is 125 cm³/mol. The molecule has 0 aliphatic heterocycles. The van der Waals surface area contributed by atoms with Crippen LogP contribution in [-0.4, -0.2) is 36.0 Å². The van der Waals surface area contributed by atoms with E-state index in [2.05, 4.69) is 19.7 Å². The molecule has 0 saturated carbocycles. The topological polar surface area (TPSA) is 105 Å². The van der Waals surface area contributed by atoms with E-state index < -0.39 is 34.2 Å². The van der Waals surface area contributed by atoms with Crippen LogP contribution in [0.1, 0.15) is 27.9 Å². The molecular weight excluding hydrogens is 486 g/mol. The first-order chi connectivity index (χ1) is 16.3. The Kier molecular flexibility index (Phi) is 7.32. The van der Waals surface area contributed by atoms with E-state index in [-0.39, 0.29) is 29.1 Å². The first-order valence-electron chi connectivity index (χ1n) is 10.1. The zero-order valence-electron chi connectivity index (χ0n) is 17.5. The second kappa shape index (κ2) is 10.4. The molecule has 2 heterocycles. The summed E-state index contributed by atoms with van der Waals surface area (Å²) in [6.45, 7) is 0.143. The summed E-state index contributed by atoms with van der Waals surface area (Å²) in [5, 5.41) is -0.204. The van der Waals surface area contributed by atoms with Gasteiger partial charge in [0.2, 0.25) is 11.3 Å². The summed E-state index contributed by atoms with van der Waals surface area (Å²) in [4.78, 5) is 26.1. The van der Waals surface area contributed by atoms with Crippen LogP contribution in [0.15, 0.2) is 55.0 Å². The highest BCUT2D eigenvalue weighted by Crippen LogP contribution is 2.30. The van der Waals surface area contributed by atoms with Gasteiger partial charge in [0, 0.05) is 30.1 Å². The predicted octanol–water partition coefficient (Wildman–Crippen LogP) is 4.51. The molecule has 0 bridgehead atoms. The first-order valence-corrected chi connectivity index (χ1v) is 11.6. The molecule has 1 unspecified atom stereocenters. The van der Waals surface area contributed by atoms with Gasteiger partial charge in [0.1, 0.15) is 0 Å². The van der Waals surface area contributed by atoms with Gasteiger partial charge in [-0.05, 0) is 54.8 Å². The van der Waals surface area contributed by atoms with Gasteiger partial charge < -0.3 is 0 Å². The first kappa shape index (κ1) is 24.0. The van der Waals surface area contributed by atoms with Crippen molar-refractivity contribution in [1.29, 1.82) is 0 Å². The zero-order chi connectivity index (χ0) is 24.2. The summed E-state index contributed by atoms with van der Waals surface area (Å²) in [5.41, 5.74) is 1.89. The summed E-state index contributed by atoms with van der Waals surface area (Å²) >= 11 is 4.12. The fraction of sp³-hybridized carbons (Fsp3) is 0.130. The Morgan fingerprint density at radius 1 is 1.15 bits per heavy atom. The van der Waals surface area contributed by atoms with Crippen LogP contribution in [-0.2, 0) is 17.7 Å². The van der Waals surface area contributed by atoms with Gasteiger partial charge in [-0.25, -0.2) is 22.7 Å². The smallest absolute Gasteiger partial charge is 0.231 e. The molecule has 0 amide bonds. The van der Waals surface area contributed by atoms with E-state index in [1.165, 1.54) is 12.1 Å². The lowest BCUT2D eigenvalue weighted by molar-refractivity contribution is 0.103. The van der Waals surface area contributed by atoms with Crippen molar-refractivity contribution in [3.05, 3.63) is 88.3 Å². The molecule has 4 aromatic rings. The second-order valence-corrected chi connectivity index (χ2v) is 8.46. The number of aryl methyl sites for hydroxylation is 1. The van der Waals surface area contributed by atoms with Gasteiger partial charge in [-0.3, -0.25) is 19.3 Å². The Bertz CT molecular complexity index is 1410. The molecule has 0 aliphatic carbocycles. The highest BCUT2D eigenvalue weighted by Gasteiger charge is 2.24. The van der Waals surface area contributed by atoms with Gasteiger partial charge in [0.05, 0.1) is 33.5 Å². The summed E-state index contributed by atoms with van der Waals surface area (Å²) in [6, 6.07) is 8.96. The van der Waals surface area contributed by atoms with E-state index in [9.17, 15) is 17.8 Å². The average Bonchev–Trinajstić information content (AvgIpc) is 2.84. The molecule has 0 fully saturated rings. The van der Waals surface area contributed by atoms with Crippen LogP contribution >= 0.6 is 11.6 Å². The van der Waals surface area contributed by atoms with Crippen molar-refractivity contribution in [3.8, 4) is 11.3 Å².